The lowest BCUT2D eigenvalue weighted by Crippen LogP contribution is -2.36. The highest BCUT2D eigenvalue weighted by Crippen LogP contribution is 2.44. The van der Waals surface area contributed by atoms with Crippen LogP contribution >= 0.6 is 0 Å². The molecule has 0 aromatic rings. The summed E-state index contributed by atoms with van der Waals surface area (Å²) in [6.45, 7) is 24.5. The van der Waals surface area contributed by atoms with Crippen LogP contribution in [0.5, 0.6) is 0 Å². The molecule has 0 spiro atoms. The fraction of sp³-hybridized carbons (Fsp3) is 1.00. The molecule has 0 fully saturated rings. The van der Waals surface area contributed by atoms with Gasteiger partial charge in [0.05, 0.1) is 0 Å². The Kier molecular flexibility index (Phi) is 12.4. The van der Waals surface area contributed by atoms with Crippen molar-refractivity contribution >= 4 is 0 Å². The fourth-order valence-electron chi connectivity index (χ4n) is 6.07. The van der Waals surface area contributed by atoms with Crippen molar-refractivity contribution in [1.29, 1.82) is 0 Å². The molecule has 0 aromatic heterocycles. The molecule has 0 aromatic carbocycles. The summed E-state index contributed by atoms with van der Waals surface area (Å²) < 4.78 is 0. The summed E-state index contributed by atoms with van der Waals surface area (Å²) in [6.07, 6.45) is 8.10. The molecule has 0 heteroatoms. The second-order valence-electron chi connectivity index (χ2n) is 8.85. The molecule has 0 aliphatic heterocycles. The lowest BCUT2D eigenvalue weighted by atomic mass is 9.62. The van der Waals surface area contributed by atoms with Crippen LogP contribution in [-0.2, 0) is 0 Å². The van der Waals surface area contributed by atoms with Crippen molar-refractivity contribution in [2.24, 2.45) is 47.3 Å². The van der Waals surface area contributed by atoms with E-state index in [2.05, 4.69) is 69.2 Å². The Morgan fingerprint density at radius 1 is 0.417 bits per heavy atom. The lowest BCUT2D eigenvalue weighted by Gasteiger charge is -2.43. The first kappa shape index (κ1) is 24.0. The Hall–Kier alpha value is 0. The molecule has 7 atom stereocenters. The van der Waals surface area contributed by atoms with Gasteiger partial charge in [0.15, 0.2) is 0 Å². The molecule has 0 saturated heterocycles. The molecule has 146 valence electrons. The Morgan fingerprint density at radius 3 is 1.08 bits per heavy atom. The zero-order valence-electron chi connectivity index (χ0n) is 18.9. The van der Waals surface area contributed by atoms with Crippen LogP contribution in [0.4, 0.5) is 0 Å². The predicted octanol–water partition coefficient (Wildman–Crippen LogP) is 8.46. The molecule has 0 amide bonds. The molecular formula is C24H50. The molecule has 0 saturated carbocycles. The number of hydrogen-bond acceptors (Lipinski definition) is 0. The quantitative estimate of drug-likeness (QED) is 0.316. The molecule has 7 unspecified atom stereocenters. The second-order valence-corrected chi connectivity index (χ2v) is 8.85. The Balaban J connectivity index is 5.50. The van der Waals surface area contributed by atoms with Crippen molar-refractivity contribution in [2.45, 2.75) is 108 Å². The van der Waals surface area contributed by atoms with E-state index < -0.39 is 0 Å². The zero-order chi connectivity index (χ0) is 18.9. The Labute approximate surface area is 155 Å². The summed E-state index contributed by atoms with van der Waals surface area (Å²) in [4.78, 5) is 0. The molecule has 0 radical (unpaired) electrons. The topological polar surface area (TPSA) is 0 Å². The minimum absolute atomic E-state index is 0.817. The van der Waals surface area contributed by atoms with Gasteiger partial charge in [0.25, 0.3) is 0 Å². The van der Waals surface area contributed by atoms with Gasteiger partial charge in [-0.25, -0.2) is 0 Å². The third-order valence-electron chi connectivity index (χ3n) is 7.59. The van der Waals surface area contributed by atoms with Gasteiger partial charge >= 0.3 is 0 Å². The van der Waals surface area contributed by atoms with E-state index in [9.17, 15) is 0 Å². The third-order valence-corrected chi connectivity index (χ3v) is 7.59. The van der Waals surface area contributed by atoms with Gasteiger partial charge in [-0.2, -0.15) is 0 Å². The smallest absolute Gasteiger partial charge is 0.0355 e. The highest BCUT2D eigenvalue weighted by molar-refractivity contribution is 4.86. The van der Waals surface area contributed by atoms with Crippen molar-refractivity contribution in [3.05, 3.63) is 0 Å². The van der Waals surface area contributed by atoms with Crippen molar-refractivity contribution in [3.63, 3.8) is 0 Å². The average molecular weight is 339 g/mol. The zero-order valence-corrected chi connectivity index (χ0v) is 18.9. The van der Waals surface area contributed by atoms with E-state index in [1.54, 1.807) is 0 Å². The van der Waals surface area contributed by atoms with E-state index in [-0.39, 0.29) is 0 Å². The first-order chi connectivity index (χ1) is 11.3. The van der Waals surface area contributed by atoms with Crippen molar-refractivity contribution in [1.82, 2.24) is 0 Å². The highest BCUT2D eigenvalue weighted by atomic mass is 14.4. The van der Waals surface area contributed by atoms with Crippen LogP contribution in [0.15, 0.2) is 0 Å². The lowest BCUT2D eigenvalue weighted by molar-refractivity contribution is 0.0555. The number of hydrogen-bond donors (Lipinski definition) is 0. The summed E-state index contributed by atoms with van der Waals surface area (Å²) in [5.41, 5.74) is 0. The maximum atomic E-state index is 2.60. The molecule has 0 nitrogen and oxygen atoms in total. The fourth-order valence-corrected chi connectivity index (χ4v) is 6.07. The maximum absolute atomic E-state index is 2.60. The van der Waals surface area contributed by atoms with Crippen LogP contribution in [0.25, 0.3) is 0 Å². The summed E-state index contributed by atoms with van der Waals surface area (Å²) in [6, 6.07) is 0. The van der Waals surface area contributed by atoms with Crippen LogP contribution in [0.1, 0.15) is 108 Å². The molecule has 0 bridgehead atoms. The van der Waals surface area contributed by atoms with Gasteiger partial charge in [-0.05, 0) is 47.3 Å². The van der Waals surface area contributed by atoms with Crippen molar-refractivity contribution < 1.29 is 0 Å². The summed E-state index contributed by atoms with van der Waals surface area (Å²) in [7, 11) is 0. The summed E-state index contributed by atoms with van der Waals surface area (Å²) in [5.74, 6) is 7.03. The van der Waals surface area contributed by atoms with Crippen LogP contribution in [0.2, 0.25) is 0 Å². The largest absolute Gasteiger partial charge is 0.0651 e. The minimum atomic E-state index is 0.817. The van der Waals surface area contributed by atoms with Gasteiger partial charge in [-0.15, -0.1) is 0 Å². The van der Waals surface area contributed by atoms with Crippen LogP contribution in [-0.4, -0.2) is 0 Å². The standard InChI is InChI=1S/C24H50/c1-11-18(9)21(13-3)22(14-4)19(10)23(15-5)24(16-6)20(12-2)17(7)8/h17-24H,11-16H2,1-10H3. The third kappa shape index (κ3) is 6.06. The summed E-state index contributed by atoms with van der Waals surface area (Å²) in [5, 5.41) is 0. The SMILES string of the molecule is CCC(C)C(CC)C(CC)C(C)C(CC)C(CC)C(CC)C(C)C. The first-order valence-electron chi connectivity index (χ1n) is 11.3. The monoisotopic (exact) mass is 338 g/mol. The van der Waals surface area contributed by atoms with Crippen molar-refractivity contribution in [3.8, 4) is 0 Å². The molecular weight excluding hydrogens is 288 g/mol. The maximum Gasteiger partial charge on any atom is -0.0355 e. The molecule has 0 heterocycles. The van der Waals surface area contributed by atoms with Gasteiger partial charge in [0.1, 0.15) is 0 Å². The minimum Gasteiger partial charge on any atom is -0.0651 e. The van der Waals surface area contributed by atoms with E-state index in [0.29, 0.717) is 0 Å². The normalized spacial score (nSPS) is 21.1. The first-order valence-corrected chi connectivity index (χ1v) is 11.3. The van der Waals surface area contributed by atoms with Gasteiger partial charge in [-0.1, -0.05) is 108 Å². The molecule has 0 rings (SSSR count). The van der Waals surface area contributed by atoms with Gasteiger partial charge in [-0.3, -0.25) is 0 Å². The Bertz CT molecular complexity index is 292. The number of rotatable bonds is 13. The van der Waals surface area contributed by atoms with Crippen LogP contribution < -0.4 is 0 Å². The predicted molar refractivity (Wildman–Crippen MR) is 112 cm³/mol. The van der Waals surface area contributed by atoms with E-state index in [0.717, 1.165) is 47.3 Å². The molecule has 0 aliphatic rings. The van der Waals surface area contributed by atoms with E-state index >= 15 is 0 Å². The van der Waals surface area contributed by atoms with E-state index in [4.69, 9.17) is 0 Å². The van der Waals surface area contributed by atoms with Crippen LogP contribution in [0, 0.1) is 47.3 Å². The summed E-state index contributed by atoms with van der Waals surface area (Å²) >= 11 is 0. The molecule has 0 aliphatic carbocycles. The highest BCUT2D eigenvalue weighted by Gasteiger charge is 2.37. The second kappa shape index (κ2) is 12.4. The van der Waals surface area contributed by atoms with Gasteiger partial charge in [0, 0.05) is 0 Å². The van der Waals surface area contributed by atoms with E-state index in [1.807, 2.05) is 0 Å². The van der Waals surface area contributed by atoms with Gasteiger partial charge in [0.2, 0.25) is 0 Å². The van der Waals surface area contributed by atoms with Crippen molar-refractivity contribution in [2.75, 3.05) is 0 Å². The molecule has 0 N–H and O–H groups in total. The molecule has 24 heavy (non-hydrogen) atoms. The van der Waals surface area contributed by atoms with Gasteiger partial charge < -0.3 is 0 Å². The van der Waals surface area contributed by atoms with Crippen LogP contribution in [0.3, 0.4) is 0 Å². The van der Waals surface area contributed by atoms with E-state index in [1.165, 1.54) is 38.5 Å². The average Bonchev–Trinajstić information content (AvgIpc) is 2.57. The Morgan fingerprint density at radius 2 is 0.792 bits per heavy atom.